The van der Waals surface area contributed by atoms with Crippen LogP contribution in [0.15, 0.2) is 18.2 Å². The van der Waals surface area contributed by atoms with Gasteiger partial charge in [-0.25, -0.2) is 17.2 Å². The molecular formula is C17H25F2NO5S. The quantitative estimate of drug-likeness (QED) is 0.403. The lowest BCUT2D eigenvalue weighted by Crippen LogP contribution is -2.34. The van der Waals surface area contributed by atoms with Crippen LogP contribution >= 0.6 is 0 Å². The molecule has 26 heavy (non-hydrogen) atoms. The number of unbranched alkanes of at least 4 members (excludes halogenated alkanes) is 3. The molecule has 0 aromatic heterocycles. The zero-order valence-electron chi connectivity index (χ0n) is 15.0. The molecule has 1 aromatic carbocycles. The highest BCUT2D eigenvalue weighted by Crippen LogP contribution is 2.15. The van der Waals surface area contributed by atoms with Gasteiger partial charge in [0.1, 0.15) is 24.0 Å². The molecule has 0 bridgehead atoms. The van der Waals surface area contributed by atoms with Crippen molar-refractivity contribution in [3.05, 3.63) is 29.8 Å². The molecule has 0 saturated carbocycles. The number of sulfonamides is 1. The second kappa shape index (κ2) is 11.1. The average molecular weight is 393 g/mol. The highest BCUT2D eigenvalue weighted by atomic mass is 32.2. The summed E-state index contributed by atoms with van der Waals surface area (Å²) in [5.74, 6) is -1.76. The van der Waals surface area contributed by atoms with E-state index in [9.17, 15) is 22.0 Å². The van der Waals surface area contributed by atoms with Gasteiger partial charge in [-0.2, -0.15) is 4.31 Å². The molecule has 0 aliphatic heterocycles. The minimum absolute atomic E-state index is 0.0127. The van der Waals surface area contributed by atoms with E-state index in [2.05, 4.69) is 4.74 Å². The SMILES string of the molecule is COC(=O)CCCCCCN(CCOc1cc(F)cc(F)c1)S(C)(=O)=O. The molecule has 0 atom stereocenters. The number of ether oxygens (including phenoxy) is 2. The molecule has 0 spiro atoms. The largest absolute Gasteiger partial charge is 0.492 e. The zero-order valence-corrected chi connectivity index (χ0v) is 15.9. The number of rotatable bonds is 12. The fourth-order valence-electron chi connectivity index (χ4n) is 2.33. The van der Waals surface area contributed by atoms with Crippen LogP contribution in [-0.4, -0.2) is 51.8 Å². The number of hydrogen-bond acceptors (Lipinski definition) is 5. The van der Waals surface area contributed by atoms with Gasteiger partial charge in [-0.05, 0) is 12.8 Å². The smallest absolute Gasteiger partial charge is 0.305 e. The number of esters is 1. The van der Waals surface area contributed by atoms with Gasteiger partial charge >= 0.3 is 5.97 Å². The van der Waals surface area contributed by atoms with Crippen molar-refractivity contribution in [3.8, 4) is 5.75 Å². The number of nitrogens with zero attached hydrogens (tertiary/aromatic N) is 1. The summed E-state index contributed by atoms with van der Waals surface area (Å²) in [5, 5.41) is 0. The lowest BCUT2D eigenvalue weighted by molar-refractivity contribution is -0.140. The van der Waals surface area contributed by atoms with Crippen LogP contribution in [0.25, 0.3) is 0 Å². The fourth-order valence-corrected chi connectivity index (χ4v) is 3.20. The third-order valence-corrected chi connectivity index (χ3v) is 4.98. The second-order valence-electron chi connectivity index (χ2n) is 5.86. The van der Waals surface area contributed by atoms with Gasteiger partial charge in [-0.3, -0.25) is 4.79 Å². The molecule has 0 unspecified atom stereocenters. The highest BCUT2D eigenvalue weighted by Gasteiger charge is 2.16. The van der Waals surface area contributed by atoms with Gasteiger partial charge in [0, 0.05) is 37.7 Å². The molecule has 9 heteroatoms. The number of hydrogen-bond donors (Lipinski definition) is 0. The van der Waals surface area contributed by atoms with Gasteiger partial charge in [0.25, 0.3) is 0 Å². The second-order valence-corrected chi connectivity index (χ2v) is 7.84. The topological polar surface area (TPSA) is 72.9 Å². The van der Waals surface area contributed by atoms with Crippen molar-refractivity contribution < 1.29 is 31.5 Å². The zero-order chi connectivity index (χ0) is 19.6. The molecule has 1 aromatic rings. The Hall–Kier alpha value is -1.74. The van der Waals surface area contributed by atoms with E-state index in [1.165, 1.54) is 11.4 Å². The van der Waals surface area contributed by atoms with Crippen molar-refractivity contribution in [2.24, 2.45) is 0 Å². The fraction of sp³-hybridized carbons (Fsp3) is 0.588. The van der Waals surface area contributed by atoms with E-state index in [1.807, 2.05) is 0 Å². The summed E-state index contributed by atoms with van der Waals surface area (Å²) in [4.78, 5) is 11.0. The first-order chi connectivity index (χ1) is 12.2. The van der Waals surface area contributed by atoms with Gasteiger partial charge in [0.05, 0.1) is 13.4 Å². The summed E-state index contributed by atoms with van der Waals surface area (Å²) in [6, 6.07) is 2.81. The number of carbonyl (C=O) groups excluding carboxylic acids is 1. The van der Waals surface area contributed by atoms with Crippen LogP contribution in [0, 0.1) is 11.6 Å². The summed E-state index contributed by atoms with van der Waals surface area (Å²) in [6.45, 7) is 0.384. The Labute approximate surface area is 153 Å². The first-order valence-electron chi connectivity index (χ1n) is 8.33. The maximum absolute atomic E-state index is 13.1. The van der Waals surface area contributed by atoms with Gasteiger partial charge in [0.2, 0.25) is 10.0 Å². The van der Waals surface area contributed by atoms with E-state index >= 15 is 0 Å². The van der Waals surface area contributed by atoms with Crippen molar-refractivity contribution in [3.63, 3.8) is 0 Å². The summed E-state index contributed by atoms with van der Waals surface area (Å²) in [5.41, 5.74) is 0. The van der Waals surface area contributed by atoms with Crippen molar-refractivity contribution in [1.82, 2.24) is 4.31 Å². The van der Waals surface area contributed by atoms with E-state index in [1.54, 1.807) is 0 Å². The Kier molecular flexibility index (Phi) is 9.50. The van der Waals surface area contributed by atoms with Gasteiger partial charge in [-0.1, -0.05) is 12.8 Å². The Bertz CT molecular complexity index is 661. The minimum atomic E-state index is -3.41. The molecule has 1 rings (SSSR count). The maximum Gasteiger partial charge on any atom is 0.305 e. The Morgan fingerprint density at radius 3 is 2.23 bits per heavy atom. The summed E-state index contributed by atoms with van der Waals surface area (Å²) in [6.07, 6.45) is 4.36. The summed E-state index contributed by atoms with van der Waals surface area (Å²) in [7, 11) is -2.07. The molecule has 0 aliphatic rings. The summed E-state index contributed by atoms with van der Waals surface area (Å²) < 4.78 is 60.9. The maximum atomic E-state index is 13.1. The van der Waals surface area contributed by atoms with Crippen LogP contribution in [0.2, 0.25) is 0 Å². The average Bonchev–Trinajstić information content (AvgIpc) is 2.54. The first-order valence-corrected chi connectivity index (χ1v) is 10.2. The van der Waals surface area contributed by atoms with Crippen molar-refractivity contribution >= 4 is 16.0 Å². The molecule has 0 radical (unpaired) electrons. The van der Waals surface area contributed by atoms with Crippen LogP contribution in [0.1, 0.15) is 32.1 Å². The molecule has 0 saturated heterocycles. The third-order valence-electron chi connectivity index (χ3n) is 3.68. The van der Waals surface area contributed by atoms with E-state index in [0.29, 0.717) is 25.8 Å². The first kappa shape index (κ1) is 22.3. The molecule has 0 fully saturated rings. The lowest BCUT2D eigenvalue weighted by Gasteiger charge is -2.20. The van der Waals surface area contributed by atoms with E-state index in [0.717, 1.165) is 37.3 Å². The lowest BCUT2D eigenvalue weighted by atomic mass is 10.1. The van der Waals surface area contributed by atoms with Crippen LogP contribution in [0.3, 0.4) is 0 Å². The Morgan fingerprint density at radius 1 is 1.04 bits per heavy atom. The highest BCUT2D eigenvalue weighted by molar-refractivity contribution is 7.88. The summed E-state index contributed by atoms with van der Waals surface area (Å²) >= 11 is 0. The number of carbonyl (C=O) groups is 1. The van der Waals surface area contributed by atoms with Crippen molar-refractivity contribution in [1.29, 1.82) is 0 Å². The van der Waals surface area contributed by atoms with Gasteiger partial charge in [0.15, 0.2) is 0 Å². The van der Waals surface area contributed by atoms with Gasteiger partial charge in [-0.15, -0.1) is 0 Å². The van der Waals surface area contributed by atoms with Crippen LogP contribution < -0.4 is 4.74 Å². The molecule has 0 heterocycles. The van der Waals surface area contributed by atoms with E-state index in [-0.39, 0.29) is 24.9 Å². The predicted octanol–water partition coefficient (Wildman–Crippen LogP) is 2.73. The molecule has 6 nitrogen and oxygen atoms in total. The van der Waals surface area contributed by atoms with Crippen LogP contribution in [0.5, 0.6) is 5.75 Å². The third kappa shape index (κ3) is 9.10. The molecule has 0 aliphatic carbocycles. The minimum Gasteiger partial charge on any atom is -0.492 e. The normalized spacial score (nSPS) is 11.6. The standard InChI is InChI=1S/C17H25F2NO5S/c1-24-17(21)7-5-3-4-6-8-20(26(2,22)23)9-10-25-16-12-14(18)11-15(19)13-16/h11-13H,3-10H2,1-2H3. The number of benzene rings is 1. The molecule has 0 amide bonds. The van der Waals surface area contributed by atoms with Crippen LogP contribution in [-0.2, 0) is 19.6 Å². The van der Waals surface area contributed by atoms with Crippen molar-refractivity contribution in [2.45, 2.75) is 32.1 Å². The van der Waals surface area contributed by atoms with E-state index in [4.69, 9.17) is 4.74 Å². The molecular weight excluding hydrogens is 368 g/mol. The van der Waals surface area contributed by atoms with Crippen LogP contribution in [0.4, 0.5) is 8.78 Å². The Morgan fingerprint density at radius 2 is 1.65 bits per heavy atom. The monoisotopic (exact) mass is 393 g/mol. The Balaban J connectivity index is 2.37. The predicted molar refractivity (Wildman–Crippen MR) is 93.4 cm³/mol. The molecule has 148 valence electrons. The van der Waals surface area contributed by atoms with E-state index < -0.39 is 21.7 Å². The molecule has 0 N–H and O–H groups in total. The number of methoxy groups -OCH3 is 1. The van der Waals surface area contributed by atoms with Gasteiger partial charge < -0.3 is 9.47 Å². The van der Waals surface area contributed by atoms with Crippen molar-refractivity contribution in [2.75, 3.05) is 33.1 Å². The number of halogens is 2.